The summed E-state index contributed by atoms with van der Waals surface area (Å²) in [5.41, 5.74) is 1.35. The lowest BCUT2D eigenvalue weighted by Crippen LogP contribution is -2.12. The monoisotopic (exact) mass is 478 g/mol. The fourth-order valence-corrected chi connectivity index (χ4v) is 5.51. The molecule has 3 heterocycles. The van der Waals surface area contributed by atoms with Gasteiger partial charge in [0.25, 0.3) is 11.2 Å². The summed E-state index contributed by atoms with van der Waals surface area (Å²) in [6.07, 6.45) is 5.48. The van der Waals surface area contributed by atoms with Crippen molar-refractivity contribution in [2.75, 3.05) is 0 Å². The Morgan fingerprint density at radius 1 is 1.30 bits per heavy atom. The first kappa shape index (κ1) is 21.1. The van der Waals surface area contributed by atoms with Crippen LogP contribution < -0.4 is 5.56 Å². The zero-order chi connectivity index (χ0) is 23.1. The Morgan fingerprint density at radius 2 is 2.12 bits per heavy atom. The number of H-pyrrole nitrogens is 1. The van der Waals surface area contributed by atoms with Crippen molar-refractivity contribution in [3.63, 3.8) is 0 Å². The lowest BCUT2D eigenvalue weighted by molar-refractivity contribution is -0.384. The molecule has 1 aliphatic rings. The molecule has 0 fully saturated rings. The lowest BCUT2D eigenvalue weighted by Gasteiger charge is -2.09. The number of aromatic nitrogens is 2. The highest BCUT2D eigenvalue weighted by Crippen LogP contribution is 2.35. The van der Waals surface area contributed by atoms with Crippen LogP contribution in [0.25, 0.3) is 33.2 Å². The number of nitrogens with zero attached hydrogens (tertiary/aromatic N) is 3. The van der Waals surface area contributed by atoms with Crippen LogP contribution in [0.2, 0.25) is 5.02 Å². The topological polar surface area (TPSA) is 126 Å². The van der Waals surface area contributed by atoms with Gasteiger partial charge in [-0.05, 0) is 49.4 Å². The Hall–Kier alpha value is -3.74. The van der Waals surface area contributed by atoms with Crippen LogP contribution in [0.5, 0.6) is 0 Å². The van der Waals surface area contributed by atoms with Gasteiger partial charge in [-0.15, -0.1) is 11.3 Å². The van der Waals surface area contributed by atoms with Gasteiger partial charge in [-0.1, -0.05) is 11.6 Å². The largest absolute Gasteiger partial charge is 0.457 e. The van der Waals surface area contributed by atoms with Gasteiger partial charge in [0.2, 0.25) is 0 Å². The number of nitro groups is 1. The van der Waals surface area contributed by atoms with Crippen molar-refractivity contribution in [3.8, 4) is 17.4 Å². The number of nitriles is 1. The number of furan rings is 1. The molecule has 8 nitrogen and oxygen atoms in total. The molecule has 10 heteroatoms. The molecule has 33 heavy (non-hydrogen) atoms. The molecule has 3 aromatic heterocycles. The van der Waals surface area contributed by atoms with Crippen LogP contribution in [-0.4, -0.2) is 14.9 Å². The van der Waals surface area contributed by atoms with Crippen molar-refractivity contribution >= 4 is 50.5 Å². The number of benzene rings is 1. The molecule has 0 atom stereocenters. The number of non-ortho nitro benzene ring substituents is 1. The fourth-order valence-electron chi connectivity index (χ4n) is 3.98. The molecule has 1 N–H and O–H groups in total. The lowest BCUT2D eigenvalue weighted by atomic mass is 9.97. The summed E-state index contributed by atoms with van der Waals surface area (Å²) in [7, 11) is 0. The molecule has 0 saturated heterocycles. The van der Waals surface area contributed by atoms with Gasteiger partial charge in [0, 0.05) is 28.6 Å². The maximum absolute atomic E-state index is 12.8. The van der Waals surface area contributed by atoms with Gasteiger partial charge < -0.3 is 9.40 Å². The summed E-state index contributed by atoms with van der Waals surface area (Å²) in [6.45, 7) is 0. The van der Waals surface area contributed by atoms with Crippen LogP contribution >= 0.6 is 22.9 Å². The van der Waals surface area contributed by atoms with E-state index in [0.29, 0.717) is 27.3 Å². The van der Waals surface area contributed by atoms with E-state index in [0.717, 1.165) is 31.2 Å². The van der Waals surface area contributed by atoms with Gasteiger partial charge in [-0.2, -0.15) is 5.26 Å². The third-order valence-electron chi connectivity index (χ3n) is 5.54. The number of hydrogen-bond donors (Lipinski definition) is 1. The first-order valence-electron chi connectivity index (χ1n) is 10.2. The number of nitro benzene ring substituents is 1. The van der Waals surface area contributed by atoms with Gasteiger partial charge in [0.1, 0.15) is 22.4 Å². The molecule has 0 unspecified atom stereocenters. The van der Waals surface area contributed by atoms with Gasteiger partial charge in [0.15, 0.2) is 5.82 Å². The Morgan fingerprint density at radius 3 is 2.88 bits per heavy atom. The normalized spacial score (nSPS) is 13.6. The van der Waals surface area contributed by atoms with Crippen molar-refractivity contribution in [2.45, 2.75) is 25.7 Å². The second-order valence-electron chi connectivity index (χ2n) is 7.60. The quantitative estimate of drug-likeness (QED) is 0.226. The van der Waals surface area contributed by atoms with Crippen LogP contribution in [0.4, 0.5) is 5.69 Å². The second-order valence-corrected chi connectivity index (χ2v) is 9.09. The molecule has 1 aliphatic carbocycles. The minimum absolute atomic E-state index is 0.122. The van der Waals surface area contributed by atoms with Crippen LogP contribution in [0, 0.1) is 21.4 Å². The first-order chi connectivity index (χ1) is 15.9. The van der Waals surface area contributed by atoms with E-state index in [9.17, 15) is 20.2 Å². The molecule has 0 aliphatic heterocycles. The number of aromatic amines is 1. The maximum atomic E-state index is 12.8. The SMILES string of the molecule is N#C/C(=C\c1ccc(-c2ccc([N+](=O)[O-])cc2Cl)o1)c1nc2sc3c(c2c(=O)[nH]1)CCCC3. The Balaban J connectivity index is 1.51. The molecular formula is C23H15ClN4O4S. The van der Waals surface area contributed by atoms with Crippen LogP contribution in [0.1, 0.15) is 34.9 Å². The predicted molar refractivity (Wildman–Crippen MR) is 126 cm³/mol. The van der Waals surface area contributed by atoms with Gasteiger partial charge >= 0.3 is 0 Å². The number of rotatable bonds is 4. The average Bonchev–Trinajstić information content (AvgIpc) is 3.41. The summed E-state index contributed by atoms with van der Waals surface area (Å²) in [5, 5.41) is 21.4. The van der Waals surface area contributed by atoms with E-state index in [4.69, 9.17) is 16.0 Å². The predicted octanol–water partition coefficient (Wildman–Crippen LogP) is 5.75. The van der Waals surface area contributed by atoms with Gasteiger partial charge in [-0.3, -0.25) is 14.9 Å². The molecule has 4 aromatic rings. The van der Waals surface area contributed by atoms with Crippen LogP contribution in [0.3, 0.4) is 0 Å². The number of nitrogens with one attached hydrogen (secondary N) is 1. The maximum Gasteiger partial charge on any atom is 0.270 e. The van der Waals surface area contributed by atoms with E-state index in [1.807, 2.05) is 0 Å². The van der Waals surface area contributed by atoms with E-state index in [1.165, 1.54) is 40.5 Å². The van der Waals surface area contributed by atoms with Crippen molar-refractivity contribution < 1.29 is 9.34 Å². The first-order valence-corrected chi connectivity index (χ1v) is 11.3. The number of aryl methyl sites for hydroxylation is 2. The zero-order valence-corrected chi connectivity index (χ0v) is 18.6. The summed E-state index contributed by atoms with van der Waals surface area (Å²) >= 11 is 7.70. The minimum Gasteiger partial charge on any atom is -0.457 e. The summed E-state index contributed by atoms with van der Waals surface area (Å²) < 4.78 is 5.79. The van der Waals surface area contributed by atoms with Crippen LogP contribution in [0.15, 0.2) is 39.5 Å². The average molecular weight is 479 g/mol. The summed E-state index contributed by atoms with van der Waals surface area (Å²) in [4.78, 5) is 32.3. The van der Waals surface area contributed by atoms with E-state index >= 15 is 0 Å². The standard InChI is InChI=1S/C23H15ClN4O4S/c24-17-10-13(28(30)31)5-7-15(17)18-8-6-14(32-18)9-12(11-25)21-26-22(29)20-16-3-1-2-4-19(16)33-23(20)27-21/h5-10H,1-4H2,(H,26,27,29)/b12-9+. The van der Waals surface area contributed by atoms with Crippen molar-refractivity contribution in [1.82, 2.24) is 9.97 Å². The van der Waals surface area contributed by atoms with Gasteiger partial charge in [-0.25, -0.2) is 4.98 Å². The number of halogens is 1. The van der Waals surface area contributed by atoms with E-state index in [2.05, 4.69) is 16.0 Å². The molecule has 0 bridgehead atoms. The molecule has 0 radical (unpaired) electrons. The van der Waals surface area contributed by atoms with E-state index in [-0.39, 0.29) is 27.7 Å². The Kier molecular flexibility index (Phi) is 5.32. The number of allylic oxidation sites excluding steroid dienone is 1. The molecular weight excluding hydrogens is 464 g/mol. The molecule has 1 aromatic carbocycles. The fraction of sp³-hybridized carbons (Fsp3) is 0.174. The van der Waals surface area contributed by atoms with Crippen molar-refractivity contribution in [3.05, 3.63) is 77.8 Å². The summed E-state index contributed by atoms with van der Waals surface area (Å²) in [6, 6.07) is 9.46. The number of thiophene rings is 1. The van der Waals surface area contributed by atoms with Gasteiger partial charge in [0.05, 0.1) is 20.9 Å². The highest BCUT2D eigenvalue weighted by Gasteiger charge is 2.21. The highest BCUT2D eigenvalue weighted by molar-refractivity contribution is 7.18. The molecule has 5 rings (SSSR count). The number of fused-ring (bicyclic) bond motifs is 3. The molecule has 164 valence electrons. The third kappa shape index (κ3) is 3.84. The Bertz CT molecular complexity index is 1560. The Labute approximate surface area is 195 Å². The molecule has 0 spiro atoms. The molecule has 0 amide bonds. The van der Waals surface area contributed by atoms with Crippen molar-refractivity contribution in [2.24, 2.45) is 0 Å². The highest BCUT2D eigenvalue weighted by atomic mass is 35.5. The second kappa shape index (κ2) is 8.31. The number of hydrogen-bond acceptors (Lipinski definition) is 7. The smallest absolute Gasteiger partial charge is 0.270 e. The van der Waals surface area contributed by atoms with E-state index < -0.39 is 4.92 Å². The molecule has 0 saturated carbocycles. The van der Waals surface area contributed by atoms with Crippen molar-refractivity contribution in [1.29, 1.82) is 5.26 Å². The minimum atomic E-state index is -0.528. The zero-order valence-electron chi connectivity index (χ0n) is 17.1. The third-order valence-corrected chi connectivity index (χ3v) is 7.04. The van der Waals surface area contributed by atoms with E-state index in [1.54, 1.807) is 12.1 Å². The summed E-state index contributed by atoms with van der Waals surface area (Å²) in [5.74, 6) is 0.922. The van der Waals surface area contributed by atoms with Crippen LogP contribution in [-0.2, 0) is 12.8 Å².